The number of pyridine rings is 1. The molecule has 0 amide bonds. The summed E-state index contributed by atoms with van der Waals surface area (Å²) in [5, 5.41) is 36.4. The van der Waals surface area contributed by atoms with E-state index in [1.165, 1.54) is 0 Å². The molecule has 4 unspecified atom stereocenters. The van der Waals surface area contributed by atoms with Crippen LogP contribution in [0.3, 0.4) is 0 Å². The van der Waals surface area contributed by atoms with Crippen LogP contribution in [0.4, 0.5) is 11.5 Å². The van der Waals surface area contributed by atoms with E-state index < -0.39 is 23.5 Å². The summed E-state index contributed by atoms with van der Waals surface area (Å²) in [5.74, 6) is 0.595. The van der Waals surface area contributed by atoms with Crippen molar-refractivity contribution in [1.29, 1.82) is 0 Å². The lowest BCUT2D eigenvalue weighted by atomic mass is 9.45. The Kier molecular flexibility index (Phi) is 9.73. The Balaban J connectivity index is 1.39. The molecule has 3 fully saturated rings. The van der Waals surface area contributed by atoms with Gasteiger partial charge in [0.15, 0.2) is 0 Å². The highest BCUT2D eigenvalue weighted by molar-refractivity contribution is 5.95. The number of allylic oxidation sites excluding steroid dienone is 1. The fraction of sp³-hybridized carbons (Fsp3) is 0.526. The maximum Gasteiger partial charge on any atom is 0.341 e. The van der Waals surface area contributed by atoms with Crippen molar-refractivity contribution in [3.05, 3.63) is 77.7 Å². The highest BCUT2D eigenvalue weighted by atomic mass is 16.5. The number of aromatic nitrogens is 1. The van der Waals surface area contributed by atoms with Gasteiger partial charge in [-0.3, -0.25) is 4.90 Å². The number of anilines is 2. The van der Waals surface area contributed by atoms with Crippen LogP contribution in [0.5, 0.6) is 5.75 Å². The number of hydrogen-bond acceptors (Lipinski definition) is 10. The number of rotatable bonds is 9. The summed E-state index contributed by atoms with van der Waals surface area (Å²) in [6.45, 7) is 11.9. The first-order valence-electron chi connectivity index (χ1n) is 17.1. The number of nitrogens with one attached hydrogen (secondary N) is 1. The summed E-state index contributed by atoms with van der Waals surface area (Å²) in [6, 6.07) is 10.6. The minimum absolute atomic E-state index is 0.0191. The highest BCUT2D eigenvalue weighted by Gasteiger charge is 2.60. The van der Waals surface area contributed by atoms with Gasteiger partial charge in [-0.25, -0.2) is 9.78 Å². The molecule has 2 aromatic rings. The molecule has 1 aromatic heterocycles. The average Bonchev–Trinajstić information content (AvgIpc) is 3.45. The van der Waals surface area contributed by atoms with Gasteiger partial charge in [-0.1, -0.05) is 32.1 Å². The second-order valence-electron chi connectivity index (χ2n) is 14.6. The van der Waals surface area contributed by atoms with Gasteiger partial charge >= 0.3 is 5.97 Å². The standard InChI is InChI=1S/C38H50N4O6/c1-24-29(37(2)12-11-34(45)38(3,23-43)33(37)22-31(24)42-14-16-47-17-15-42)21-30(40-35-8-6-7-13-39-35)28-20-27(48-36(28)46)18-25-9-10-26(41(4)5)19-32(25)44/h6-10,13,18-20,29-31,33-34,43-45H,1,11-12,14-17,21-23H2,2-5H3,(H,39,40)/t29?,30?,31?,33?,34-,37-,38+/m1/s1. The third-order valence-corrected chi connectivity index (χ3v) is 11.7. The number of nitrogens with zero attached hydrogens (tertiary/aromatic N) is 3. The third-order valence-electron chi connectivity index (χ3n) is 11.7. The molecule has 4 N–H and O–H groups in total. The van der Waals surface area contributed by atoms with Gasteiger partial charge in [0.2, 0.25) is 0 Å². The number of aromatic hydroxyl groups is 1. The number of carbonyl (C=O) groups is 1. The van der Waals surface area contributed by atoms with Crippen molar-refractivity contribution < 1.29 is 29.6 Å². The van der Waals surface area contributed by atoms with Gasteiger partial charge in [0.25, 0.3) is 0 Å². The smallest absolute Gasteiger partial charge is 0.341 e. The van der Waals surface area contributed by atoms with Gasteiger partial charge < -0.3 is 35.0 Å². The van der Waals surface area contributed by atoms with Crippen molar-refractivity contribution in [2.75, 3.05) is 57.2 Å². The molecule has 0 radical (unpaired) electrons. The number of aliphatic hydroxyl groups is 2. The van der Waals surface area contributed by atoms with E-state index in [1.807, 2.05) is 50.2 Å². The molecule has 2 aliphatic heterocycles. The first-order chi connectivity index (χ1) is 22.9. The van der Waals surface area contributed by atoms with Crippen LogP contribution in [0.2, 0.25) is 0 Å². The van der Waals surface area contributed by atoms with E-state index in [0.29, 0.717) is 48.8 Å². The van der Waals surface area contributed by atoms with E-state index in [2.05, 4.69) is 22.1 Å². The van der Waals surface area contributed by atoms with Crippen molar-refractivity contribution in [3.8, 4) is 5.75 Å². The first-order valence-corrected chi connectivity index (χ1v) is 17.1. The number of carbonyl (C=O) groups excluding carboxylic acids is 1. The predicted octanol–water partition coefficient (Wildman–Crippen LogP) is 4.60. The number of esters is 1. The molecule has 3 heterocycles. The number of aliphatic hydroxyl groups excluding tert-OH is 2. The molecule has 10 heteroatoms. The number of ether oxygens (including phenoxy) is 2. The Morgan fingerprint density at radius 2 is 1.98 bits per heavy atom. The molecule has 2 saturated carbocycles. The second kappa shape index (κ2) is 13.7. The quantitative estimate of drug-likeness (QED) is 0.224. The molecule has 0 spiro atoms. The van der Waals surface area contributed by atoms with E-state index in [0.717, 1.165) is 37.2 Å². The molecule has 10 nitrogen and oxygen atoms in total. The van der Waals surface area contributed by atoms with E-state index in [-0.39, 0.29) is 35.6 Å². The number of fused-ring (bicyclic) bond motifs is 1. The Bertz CT molecular complexity index is 1570. The maximum absolute atomic E-state index is 13.7. The fourth-order valence-corrected chi connectivity index (χ4v) is 8.77. The average molecular weight is 659 g/mol. The molecule has 0 bridgehead atoms. The Labute approximate surface area is 283 Å². The molecule has 4 aliphatic rings. The second-order valence-corrected chi connectivity index (χ2v) is 14.6. The van der Waals surface area contributed by atoms with Crippen molar-refractivity contribution in [2.45, 2.75) is 57.7 Å². The maximum atomic E-state index is 13.7. The Hall–Kier alpha value is -3.70. The van der Waals surface area contributed by atoms with Crippen LogP contribution in [0.25, 0.3) is 6.08 Å². The van der Waals surface area contributed by atoms with Crippen molar-refractivity contribution in [3.63, 3.8) is 0 Å². The van der Waals surface area contributed by atoms with Crippen molar-refractivity contribution >= 4 is 23.6 Å². The molecule has 258 valence electrons. The van der Waals surface area contributed by atoms with E-state index >= 15 is 0 Å². The number of morpholine rings is 1. The normalized spacial score (nSPS) is 32.4. The summed E-state index contributed by atoms with van der Waals surface area (Å²) in [7, 11) is 3.81. The van der Waals surface area contributed by atoms with Crippen LogP contribution in [-0.4, -0.2) is 96.4 Å². The van der Waals surface area contributed by atoms with Gasteiger partial charge in [0, 0.05) is 62.2 Å². The van der Waals surface area contributed by atoms with E-state index in [9.17, 15) is 20.1 Å². The van der Waals surface area contributed by atoms with E-state index in [1.54, 1.807) is 30.5 Å². The van der Waals surface area contributed by atoms with Gasteiger partial charge in [-0.2, -0.15) is 0 Å². The summed E-state index contributed by atoms with van der Waals surface area (Å²) in [4.78, 5) is 22.5. The monoisotopic (exact) mass is 658 g/mol. The Morgan fingerprint density at radius 1 is 1.21 bits per heavy atom. The van der Waals surface area contributed by atoms with Crippen molar-refractivity contribution in [2.24, 2.45) is 22.7 Å². The fourth-order valence-electron chi connectivity index (χ4n) is 8.77. The molecule has 7 atom stereocenters. The predicted molar refractivity (Wildman–Crippen MR) is 186 cm³/mol. The zero-order chi connectivity index (χ0) is 34.2. The number of benzene rings is 1. The van der Waals surface area contributed by atoms with Crippen LogP contribution in [-0.2, 0) is 14.3 Å². The van der Waals surface area contributed by atoms with Crippen LogP contribution < -0.4 is 10.2 Å². The van der Waals surface area contributed by atoms with Gasteiger partial charge in [-0.15, -0.1) is 0 Å². The number of cyclic esters (lactones) is 1. The lowest BCUT2D eigenvalue weighted by Crippen LogP contribution is -2.62. The Morgan fingerprint density at radius 3 is 2.65 bits per heavy atom. The lowest BCUT2D eigenvalue weighted by Gasteiger charge is -2.62. The zero-order valence-corrected chi connectivity index (χ0v) is 28.6. The molecule has 2 aliphatic carbocycles. The molecule has 1 saturated heterocycles. The molecule has 6 rings (SSSR count). The van der Waals surface area contributed by atoms with Crippen LogP contribution in [0.15, 0.2) is 72.2 Å². The summed E-state index contributed by atoms with van der Waals surface area (Å²) >= 11 is 0. The van der Waals surface area contributed by atoms with Gasteiger partial charge in [-0.05, 0) is 79.4 Å². The number of phenols is 1. The van der Waals surface area contributed by atoms with Crippen LogP contribution in [0, 0.1) is 22.7 Å². The molecule has 1 aromatic carbocycles. The molecular formula is C38H50N4O6. The minimum atomic E-state index is -0.675. The lowest BCUT2D eigenvalue weighted by molar-refractivity contribution is -0.163. The highest BCUT2D eigenvalue weighted by Crippen LogP contribution is 2.62. The number of phenolic OH excluding ortho intramolecular Hbond substituents is 1. The van der Waals surface area contributed by atoms with Crippen LogP contribution >= 0.6 is 0 Å². The SMILES string of the molecule is C=C1C(N2CCOCC2)CC2[C@](C)(CC[C@@H](O)[C@@]2(C)CO)C1CC(Nc1ccccn1)C1=CC(=Cc2ccc(N(C)C)cc2O)OC1=O. The van der Waals surface area contributed by atoms with Crippen LogP contribution in [0.1, 0.15) is 45.1 Å². The summed E-state index contributed by atoms with van der Waals surface area (Å²) in [5.41, 5.74) is 2.03. The molecule has 48 heavy (non-hydrogen) atoms. The zero-order valence-electron chi connectivity index (χ0n) is 28.6. The summed E-state index contributed by atoms with van der Waals surface area (Å²) < 4.78 is 11.5. The third kappa shape index (κ3) is 6.39. The number of hydrogen-bond donors (Lipinski definition) is 4. The van der Waals surface area contributed by atoms with E-state index in [4.69, 9.17) is 16.1 Å². The van der Waals surface area contributed by atoms with Gasteiger partial charge in [0.1, 0.15) is 17.3 Å². The minimum Gasteiger partial charge on any atom is -0.507 e. The largest absolute Gasteiger partial charge is 0.507 e. The molecular weight excluding hydrogens is 608 g/mol. The van der Waals surface area contributed by atoms with Crippen molar-refractivity contribution in [1.82, 2.24) is 9.88 Å². The van der Waals surface area contributed by atoms with Gasteiger partial charge in [0.05, 0.1) is 37.5 Å². The topological polar surface area (TPSA) is 128 Å². The summed E-state index contributed by atoms with van der Waals surface area (Å²) in [6.07, 6.45) is 7.25. The first kappa shape index (κ1) is 34.2.